The molecule has 1 aromatic carbocycles. The van der Waals surface area contributed by atoms with Crippen molar-refractivity contribution in [3.05, 3.63) is 47.2 Å². The van der Waals surface area contributed by atoms with Crippen molar-refractivity contribution >= 4 is 27.7 Å². The number of sulfone groups is 1. The van der Waals surface area contributed by atoms with Crippen molar-refractivity contribution < 1.29 is 37.0 Å². The molecule has 1 aromatic rings. The number of carbonyl (C=O) groups is 3. The van der Waals surface area contributed by atoms with Gasteiger partial charge in [-0.2, -0.15) is 0 Å². The van der Waals surface area contributed by atoms with Crippen LogP contribution in [0.15, 0.2) is 41.6 Å². The summed E-state index contributed by atoms with van der Waals surface area (Å²) in [6.07, 6.45) is -1.31. The summed E-state index contributed by atoms with van der Waals surface area (Å²) >= 11 is 0. The first-order valence-corrected chi connectivity index (χ1v) is 10.8. The molecule has 0 spiro atoms. The maximum atomic E-state index is 13.2. The lowest BCUT2D eigenvalue weighted by Crippen LogP contribution is -2.72. The molecule has 2 aliphatic heterocycles. The molecular weight excluding hydrogens is 414 g/mol. The van der Waals surface area contributed by atoms with Gasteiger partial charge in [-0.1, -0.05) is 18.2 Å². The van der Waals surface area contributed by atoms with Gasteiger partial charge in [-0.25, -0.2) is 18.0 Å². The fourth-order valence-electron chi connectivity index (χ4n) is 3.37. The van der Waals surface area contributed by atoms with Gasteiger partial charge in [0.2, 0.25) is 15.3 Å². The molecule has 30 heavy (non-hydrogen) atoms. The van der Waals surface area contributed by atoms with Gasteiger partial charge in [0.15, 0.2) is 11.5 Å². The number of methoxy groups -OCH3 is 1. The third-order valence-corrected chi connectivity index (χ3v) is 6.84. The average Bonchev–Trinajstić information content (AvgIpc) is 2.65. The van der Waals surface area contributed by atoms with Crippen LogP contribution in [0, 0.1) is 0 Å². The zero-order valence-corrected chi connectivity index (χ0v) is 18.1. The van der Waals surface area contributed by atoms with Gasteiger partial charge in [-0.05, 0) is 39.8 Å². The zero-order valence-electron chi connectivity index (χ0n) is 17.2. The van der Waals surface area contributed by atoms with Crippen LogP contribution in [0.3, 0.4) is 0 Å². The van der Waals surface area contributed by atoms with Gasteiger partial charge in [0.1, 0.15) is 11.3 Å². The zero-order chi connectivity index (χ0) is 22.4. The number of amides is 1. The summed E-state index contributed by atoms with van der Waals surface area (Å²) in [6.45, 7) is 6.24. The Labute approximate surface area is 174 Å². The van der Waals surface area contributed by atoms with Crippen LogP contribution >= 0.6 is 0 Å². The molecule has 0 radical (unpaired) electrons. The number of hydrogen-bond acceptors (Lipinski definition) is 8. The van der Waals surface area contributed by atoms with E-state index in [1.165, 1.54) is 26.2 Å². The molecular formula is C20H23NO8S. The van der Waals surface area contributed by atoms with Crippen LogP contribution in [0.5, 0.6) is 0 Å². The molecule has 3 rings (SSSR count). The topological polar surface area (TPSA) is 116 Å². The smallest absolute Gasteiger partial charge is 0.355 e. The number of fused-ring (bicyclic) bond motifs is 1. The predicted molar refractivity (Wildman–Crippen MR) is 105 cm³/mol. The van der Waals surface area contributed by atoms with E-state index in [-0.39, 0.29) is 16.8 Å². The molecule has 0 aliphatic carbocycles. The highest BCUT2D eigenvalue weighted by Gasteiger charge is 2.64. The van der Waals surface area contributed by atoms with E-state index in [4.69, 9.17) is 14.2 Å². The Bertz CT molecular complexity index is 1020. The molecule has 9 nitrogen and oxygen atoms in total. The first kappa shape index (κ1) is 22.0. The highest BCUT2D eigenvalue weighted by molar-refractivity contribution is 7.93. The maximum absolute atomic E-state index is 13.2. The maximum Gasteiger partial charge on any atom is 0.355 e. The number of rotatable bonds is 4. The van der Waals surface area contributed by atoms with Gasteiger partial charge in [-0.3, -0.25) is 9.69 Å². The fraction of sp³-hybridized carbons (Fsp3) is 0.450. The van der Waals surface area contributed by atoms with Crippen molar-refractivity contribution in [1.29, 1.82) is 0 Å². The second kappa shape index (κ2) is 7.51. The van der Waals surface area contributed by atoms with Crippen LogP contribution in [-0.4, -0.2) is 60.8 Å². The lowest BCUT2D eigenvalue weighted by atomic mass is 10.0. The quantitative estimate of drug-likeness (QED) is 0.513. The van der Waals surface area contributed by atoms with E-state index in [1.54, 1.807) is 39.0 Å². The average molecular weight is 437 g/mol. The molecule has 2 heterocycles. The van der Waals surface area contributed by atoms with E-state index in [2.05, 4.69) is 0 Å². The van der Waals surface area contributed by atoms with Crippen LogP contribution in [0.1, 0.15) is 38.1 Å². The predicted octanol–water partition coefficient (Wildman–Crippen LogP) is 1.40. The lowest BCUT2D eigenvalue weighted by molar-refractivity contribution is -0.167. The van der Waals surface area contributed by atoms with Crippen molar-refractivity contribution in [2.75, 3.05) is 7.11 Å². The highest BCUT2D eigenvalue weighted by Crippen LogP contribution is 2.42. The summed E-state index contributed by atoms with van der Waals surface area (Å²) in [5.41, 5.74) is -2.86. The van der Waals surface area contributed by atoms with Gasteiger partial charge < -0.3 is 14.2 Å². The summed E-state index contributed by atoms with van der Waals surface area (Å²) in [6, 6.07) is 7.86. The van der Waals surface area contributed by atoms with E-state index in [9.17, 15) is 22.8 Å². The summed E-state index contributed by atoms with van der Waals surface area (Å²) < 4.78 is 42.1. The molecule has 1 amide bonds. The molecule has 0 N–H and O–H groups in total. The van der Waals surface area contributed by atoms with Crippen molar-refractivity contribution in [3.63, 3.8) is 0 Å². The number of esters is 2. The summed E-state index contributed by atoms with van der Waals surface area (Å²) in [5, 5.41) is -1.49. The molecule has 2 aliphatic rings. The second-order valence-electron chi connectivity index (χ2n) is 7.98. The Morgan fingerprint density at radius 2 is 1.67 bits per heavy atom. The Kier molecular flexibility index (Phi) is 5.50. The third kappa shape index (κ3) is 3.61. The van der Waals surface area contributed by atoms with Crippen molar-refractivity contribution in [1.82, 2.24) is 4.90 Å². The number of carbonyl (C=O) groups excluding carboxylic acids is 3. The second-order valence-corrected chi connectivity index (χ2v) is 10.1. The molecule has 1 fully saturated rings. The highest BCUT2D eigenvalue weighted by atomic mass is 32.2. The first-order valence-electron chi connectivity index (χ1n) is 9.19. The minimum atomic E-state index is -4.25. The Hall–Kier alpha value is -2.72. The third-order valence-electron chi connectivity index (χ3n) is 4.67. The van der Waals surface area contributed by atoms with Crippen LogP contribution in [0.25, 0.3) is 0 Å². The Morgan fingerprint density at radius 1 is 1.07 bits per heavy atom. The lowest BCUT2D eigenvalue weighted by Gasteiger charge is -2.49. The molecule has 1 saturated heterocycles. The fourth-order valence-corrected chi connectivity index (χ4v) is 5.52. The van der Waals surface area contributed by atoms with Crippen molar-refractivity contribution in [3.8, 4) is 0 Å². The van der Waals surface area contributed by atoms with Gasteiger partial charge in [0, 0.05) is 12.7 Å². The molecule has 0 saturated carbocycles. The molecule has 162 valence electrons. The first-order chi connectivity index (χ1) is 13.9. The number of nitrogens with zero attached hydrogens (tertiary/aromatic N) is 1. The van der Waals surface area contributed by atoms with Crippen LogP contribution in [-0.2, 0) is 33.6 Å². The van der Waals surface area contributed by atoms with Gasteiger partial charge in [0.25, 0.3) is 5.91 Å². The van der Waals surface area contributed by atoms with Crippen LogP contribution in [0.2, 0.25) is 0 Å². The largest absolute Gasteiger partial charge is 0.455 e. The van der Waals surface area contributed by atoms with Gasteiger partial charge in [0.05, 0.1) is 5.56 Å². The number of hydrogen-bond donors (Lipinski definition) is 0. The minimum absolute atomic E-state index is 0.104. The summed E-state index contributed by atoms with van der Waals surface area (Å²) in [7, 11) is -3.06. The number of ether oxygens (including phenoxy) is 3. The molecule has 3 unspecified atom stereocenters. The van der Waals surface area contributed by atoms with Crippen LogP contribution < -0.4 is 0 Å². The number of β-lactam (4-membered cyclic amide) rings is 1. The molecule has 3 atom stereocenters. The normalized spacial score (nSPS) is 25.3. The summed E-state index contributed by atoms with van der Waals surface area (Å²) in [5.74, 6) is -2.44. The van der Waals surface area contributed by atoms with Gasteiger partial charge >= 0.3 is 11.9 Å². The van der Waals surface area contributed by atoms with Crippen LogP contribution in [0.4, 0.5) is 0 Å². The SMILES string of the molecule is COC1C(=O)N2C(C(=O)OC(C)(C)C)=C(C)C(OC(=O)c3ccccc3)S(=O)(=O)C12. The van der Waals surface area contributed by atoms with E-state index in [0.717, 1.165) is 4.90 Å². The standard InChI is InChI=1S/C20H23NO8S/c1-11-13(18(24)29-20(2,3)4)21-15(22)14(27-5)16(21)30(25,26)19(11)28-17(23)12-9-7-6-8-10-12/h6-10,14,16,19H,1-5H3. The van der Waals surface area contributed by atoms with E-state index in [0.29, 0.717) is 0 Å². The van der Waals surface area contributed by atoms with E-state index < -0.39 is 50.2 Å². The van der Waals surface area contributed by atoms with Crippen molar-refractivity contribution in [2.24, 2.45) is 0 Å². The Balaban J connectivity index is 2.07. The minimum Gasteiger partial charge on any atom is -0.455 e. The summed E-state index contributed by atoms with van der Waals surface area (Å²) in [4.78, 5) is 38.7. The van der Waals surface area contributed by atoms with E-state index in [1.807, 2.05) is 0 Å². The van der Waals surface area contributed by atoms with Crippen molar-refractivity contribution in [2.45, 2.75) is 50.2 Å². The number of benzene rings is 1. The van der Waals surface area contributed by atoms with Gasteiger partial charge in [-0.15, -0.1) is 0 Å². The molecule has 0 aromatic heterocycles. The molecule has 0 bridgehead atoms. The monoisotopic (exact) mass is 437 g/mol. The Morgan fingerprint density at radius 3 is 2.20 bits per heavy atom. The molecule has 10 heteroatoms. The van der Waals surface area contributed by atoms with E-state index >= 15 is 0 Å².